The summed E-state index contributed by atoms with van der Waals surface area (Å²) in [5.41, 5.74) is 0. The van der Waals surface area contributed by atoms with Crippen molar-refractivity contribution in [1.82, 2.24) is 15.5 Å². The quantitative estimate of drug-likeness (QED) is 0.610. The Morgan fingerprint density at radius 2 is 1.70 bits per heavy atom. The molecular formula is C13H25N3O4. The van der Waals surface area contributed by atoms with Gasteiger partial charge in [0, 0.05) is 13.1 Å². The van der Waals surface area contributed by atoms with E-state index in [0.717, 1.165) is 0 Å². The summed E-state index contributed by atoms with van der Waals surface area (Å²) in [6, 6.07) is -1.60. The van der Waals surface area contributed by atoms with Crippen molar-refractivity contribution < 1.29 is 19.5 Å². The van der Waals surface area contributed by atoms with Crippen LogP contribution in [0, 0.1) is 5.92 Å². The lowest BCUT2D eigenvalue weighted by Crippen LogP contribution is -2.51. The Balaban J connectivity index is 4.34. The number of carbonyl (C=O) groups is 3. The van der Waals surface area contributed by atoms with E-state index in [1.54, 1.807) is 11.8 Å². The summed E-state index contributed by atoms with van der Waals surface area (Å²) in [5.74, 6) is -1.46. The van der Waals surface area contributed by atoms with Crippen molar-refractivity contribution in [3.63, 3.8) is 0 Å². The van der Waals surface area contributed by atoms with E-state index in [1.165, 1.54) is 0 Å². The molecule has 0 aromatic carbocycles. The molecule has 0 aliphatic carbocycles. The minimum Gasteiger partial charge on any atom is -0.480 e. The third kappa shape index (κ3) is 5.90. The molecule has 0 spiro atoms. The lowest BCUT2D eigenvalue weighted by molar-refractivity contribution is -0.140. The molecule has 7 heteroatoms. The van der Waals surface area contributed by atoms with Crippen molar-refractivity contribution in [2.45, 2.75) is 40.2 Å². The molecule has 0 aromatic rings. The van der Waals surface area contributed by atoms with Crippen LogP contribution in [-0.2, 0) is 9.59 Å². The van der Waals surface area contributed by atoms with Crippen LogP contribution in [0.1, 0.15) is 34.1 Å². The van der Waals surface area contributed by atoms with Crippen LogP contribution in [0.4, 0.5) is 4.79 Å². The monoisotopic (exact) mass is 287 g/mol. The van der Waals surface area contributed by atoms with Crippen molar-refractivity contribution >= 4 is 17.9 Å². The number of carboxylic acid groups (broad SMARTS) is 1. The first-order valence-electron chi connectivity index (χ1n) is 6.92. The first kappa shape index (κ1) is 18.2. The van der Waals surface area contributed by atoms with Crippen LogP contribution in [-0.4, -0.2) is 53.6 Å². The fourth-order valence-corrected chi connectivity index (χ4v) is 1.72. The molecule has 116 valence electrons. The second kappa shape index (κ2) is 9.17. The molecular weight excluding hydrogens is 262 g/mol. The Labute approximate surface area is 119 Å². The molecule has 0 saturated heterocycles. The van der Waals surface area contributed by atoms with Gasteiger partial charge in [-0.1, -0.05) is 20.3 Å². The summed E-state index contributed by atoms with van der Waals surface area (Å²) >= 11 is 0. The number of urea groups is 1. The van der Waals surface area contributed by atoms with Gasteiger partial charge < -0.3 is 20.6 Å². The SMILES string of the molecule is CC[C@H](C)[C@H](NC(=O)NCC(=O)N(CC)CC)C(=O)O. The van der Waals surface area contributed by atoms with Crippen LogP contribution >= 0.6 is 0 Å². The molecule has 0 bridgehead atoms. The van der Waals surface area contributed by atoms with Crippen LogP contribution in [0.5, 0.6) is 0 Å². The Hall–Kier alpha value is -1.79. The van der Waals surface area contributed by atoms with Gasteiger partial charge in [0.1, 0.15) is 6.04 Å². The zero-order chi connectivity index (χ0) is 15.7. The summed E-state index contributed by atoms with van der Waals surface area (Å²) in [5, 5.41) is 13.8. The summed E-state index contributed by atoms with van der Waals surface area (Å²) in [6.45, 7) is 8.31. The number of hydrogen-bond donors (Lipinski definition) is 3. The van der Waals surface area contributed by atoms with Gasteiger partial charge in [-0.25, -0.2) is 9.59 Å². The summed E-state index contributed by atoms with van der Waals surface area (Å²) in [4.78, 5) is 36.0. The molecule has 0 aliphatic rings. The molecule has 7 nitrogen and oxygen atoms in total. The highest BCUT2D eigenvalue weighted by molar-refractivity contribution is 5.86. The molecule has 2 atom stereocenters. The molecule has 3 amide bonds. The summed E-state index contributed by atoms with van der Waals surface area (Å²) in [7, 11) is 0. The molecule has 20 heavy (non-hydrogen) atoms. The standard InChI is InChI=1S/C13H25N3O4/c1-5-9(4)11(12(18)19)15-13(20)14-8-10(17)16(6-2)7-3/h9,11H,5-8H2,1-4H3,(H,18,19)(H2,14,15,20)/t9-,11-/m0/s1. The number of nitrogens with zero attached hydrogens (tertiary/aromatic N) is 1. The lowest BCUT2D eigenvalue weighted by atomic mass is 9.99. The fourth-order valence-electron chi connectivity index (χ4n) is 1.72. The molecule has 0 radical (unpaired) electrons. The number of hydrogen-bond acceptors (Lipinski definition) is 3. The van der Waals surface area contributed by atoms with E-state index in [4.69, 9.17) is 5.11 Å². The van der Waals surface area contributed by atoms with Gasteiger partial charge in [-0.15, -0.1) is 0 Å². The van der Waals surface area contributed by atoms with E-state index in [-0.39, 0.29) is 18.4 Å². The Kier molecular flexibility index (Phi) is 8.35. The van der Waals surface area contributed by atoms with Crippen LogP contribution in [0.15, 0.2) is 0 Å². The zero-order valence-corrected chi connectivity index (χ0v) is 12.6. The predicted molar refractivity (Wildman–Crippen MR) is 75.3 cm³/mol. The molecule has 3 N–H and O–H groups in total. The number of rotatable bonds is 8. The third-order valence-corrected chi connectivity index (χ3v) is 3.28. The van der Waals surface area contributed by atoms with Gasteiger partial charge in [0.2, 0.25) is 5.91 Å². The van der Waals surface area contributed by atoms with Crippen molar-refractivity contribution in [3.05, 3.63) is 0 Å². The first-order valence-corrected chi connectivity index (χ1v) is 6.92. The van der Waals surface area contributed by atoms with E-state index in [1.807, 2.05) is 20.8 Å². The predicted octanol–water partition coefficient (Wildman–Crippen LogP) is 0.653. The Morgan fingerprint density at radius 1 is 1.15 bits per heavy atom. The average Bonchev–Trinajstić information content (AvgIpc) is 2.42. The maximum atomic E-state index is 11.7. The third-order valence-electron chi connectivity index (χ3n) is 3.28. The van der Waals surface area contributed by atoms with Gasteiger partial charge in [0.15, 0.2) is 0 Å². The first-order chi connectivity index (χ1) is 9.37. The molecule has 0 aromatic heterocycles. The van der Waals surface area contributed by atoms with Gasteiger partial charge in [0.25, 0.3) is 0 Å². The molecule has 0 rings (SSSR count). The summed E-state index contributed by atoms with van der Waals surface area (Å²) < 4.78 is 0. The van der Waals surface area contributed by atoms with Gasteiger partial charge in [0.05, 0.1) is 6.54 Å². The second-order valence-corrected chi connectivity index (χ2v) is 4.59. The highest BCUT2D eigenvalue weighted by Gasteiger charge is 2.25. The van der Waals surface area contributed by atoms with Crippen molar-refractivity contribution in [2.75, 3.05) is 19.6 Å². The molecule has 0 heterocycles. The van der Waals surface area contributed by atoms with Crippen molar-refractivity contribution in [1.29, 1.82) is 0 Å². The van der Waals surface area contributed by atoms with Gasteiger partial charge in [-0.2, -0.15) is 0 Å². The van der Waals surface area contributed by atoms with Crippen LogP contribution in [0.3, 0.4) is 0 Å². The van der Waals surface area contributed by atoms with Gasteiger partial charge >= 0.3 is 12.0 Å². The second-order valence-electron chi connectivity index (χ2n) is 4.59. The minimum absolute atomic E-state index is 0.139. The number of carbonyl (C=O) groups excluding carboxylic acids is 2. The zero-order valence-electron chi connectivity index (χ0n) is 12.6. The van der Waals surface area contributed by atoms with Gasteiger partial charge in [-0.3, -0.25) is 4.79 Å². The lowest BCUT2D eigenvalue weighted by Gasteiger charge is -2.21. The van der Waals surface area contributed by atoms with E-state index in [9.17, 15) is 14.4 Å². The molecule has 0 fully saturated rings. The number of amides is 3. The van der Waals surface area contributed by atoms with Crippen LogP contribution in [0.2, 0.25) is 0 Å². The highest BCUT2D eigenvalue weighted by Crippen LogP contribution is 2.07. The summed E-state index contributed by atoms with van der Waals surface area (Å²) in [6.07, 6.45) is 0.635. The number of nitrogens with one attached hydrogen (secondary N) is 2. The maximum absolute atomic E-state index is 11.7. The molecule has 0 saturated carbocycles. The van der Waals surface area contributed by atoms with E-state index >= 15 is 0 Å². The average molecular weight is 287 g/mol. The van der Waals surface area contributed by atoms with E-state index in [0.29, 0.717) is 19.5 Å². The normalized spacial score (nSPS) is 13.2. The Morgan fingerprint density at radius 3 is 2.10 bits per heavy atom. The van der Waals surface area contributed by atoms with Crippen LogP contribution < -0.4 is 10.6 Å². The minimum atomic E-state index is -1.08. The molecule has 0 unspecified atom stereocenters. The van der Waals surface area contributed by atoms with Crippen molar-refractivity contribution in [2.24, 2.45) is 5.92 Å². The fraction of sp³-hybridized carbons (Fsp3) is 0.769. The number of aliphatic carboxylic acids is 1. The van der Waals surface area contributed by atoms with Crippen LogP contribution in [0.25, 0.3) is 0 Å². The number of likely N-dealkylation sites (N-methyl/N-ethyl adjacent to an activating group) is 1. The van der Waals surface area contributed by atoms with Gasteiger partial charge in [-0.05, 0) is 19.8 Å². The topological polar surface area (TPSA) is 98.7 Å². The largest absolute Gasteiger partial charge is 0.480 e. The van der Waals surface area contributed by atoms with Crippen molar-refractivity contribution in [3.8, 4) is 0 Å². The van der Waals surface area contributed by atoms with E-state index < -0.39 is 18.0 Å². The smallest absolute Gasteiger partial charge is 0.326 e. The van der Waals surface area contributed by atoms with E-state index in [2.05, 4.69) is 10.6 Å². The Bertz CT molecular complexity index is 343. The molecule has 0 aliphatic heterocycles. The number of carboxylic acids is 1. The maximum Gasteiger partial charge on any atom is 0.326 e. The highest BCUT2D eigenvalue weighted by atomic mass is 16.4.